The summed E-state index contributed by atoms with van der Waals surface area (Å²) in [5.74, 6) is 0. The van der Waals surface area contributed by atoms with E-state index in [4.69, 9.17) is 4.74 Å². The van der Waals surface area contributed by atoms with Gasteiger partial charge in [-0.15, -0.1) is 11.3 Å². The van der Waals surface area contributed by atoms with E-state index < -0.39 is 11.7 Å². The predicted octanol–water partition coefficient (Wildman–Crippen LogP) is 2.62. The van der Waals surface area contributed by atoms with Crippen molar-refractivity contribution in [2.24, 2.45) is 0 Å². The zero-order chi connectivity index (χ0) is 15.0. The predicted molar refractivity (Wildman–Crippen MR) is 81.9 cm³/mol. The van der Waals surface area contributed by atoms with Gasteiger partial charge in [0.2, 0.25) is 0 Å². The van der Waals surface area contributed by atoms with Crippen LogP contribution in [0, 0.1) is 6.92 Å². The number of thiazole rings is 1. The Morgan fingerprint density at radius 1 is 1.40 bits per heavy atom. The molecule has 0 fully saturated rings. The second-order valence-electron chi connectivity index (χ2n) is 5.34. The van der Waals surface area contributed by atoms with Gasteiger partial charge in [-0.25, -0.2) is 9.78 Å². The van der Waals surface area contributed by atoms with Crippen molar-refractivity contribution in [3.8, 4) is 0 Å². The second-order valence-corrected chi connectivity index (χ2v) is 6.41. The summed E-state index contributed by atoms with van der Waals surface area (Å²) in [6, 6.07) is 0. The molecule has 0 saturated heterocycles. The Hall–Kier alpha value is -1.40. The number of nitrogens with zero attached hydrogens (tertiary/aromatic N) is 1. The van der Waals surface area contributed by atoms with Crippen molar-refractivity contribution in [2.45, 2.75) is 39.8 Å². The largest absolute Gasteiger partial charge is 0.444 e. The van der Waals surface area contributed by atoms with Crippen LogP contribution >= 0.6 is 11.3 Å². The molecule has 1 amide bonds. The molecule has 20 heavy (non-hydrogen) atoms. The van der Waals surface area contributed by atoms with Crippen LogP contribution in [0.3, 0.4) is 0 Å². The van der Waals surface area contributed by atoms with E-state index in [0.29, 0.717) is 6.54 Å². The maximum absolute atomic E-state index is 11.3. The average molecular weight is 297 g/mol. The van der Waals surface area contributed by atoms with Crippen molar-refractivity contribution in [1.82, 2.24) is 15.6 Å². The highest BCUT2D eigenvalue weighted by Crippen LogP contribution is 2.07. The number of rotatable bonds is 6. The molecule has 0 bridgehead atoms. The van der Waals surface area contributed by atoms with Crippen LogP contribution in [0.4, 0.5) is 4.79 Å². The van der Waals surface area contributed by atoms with Crippen LogP contribution in [0.5, 0.6) is 0 Å². The Kier molecular flexibility index (Phi) is 6.67. The summed E-state index contributed by atoms with van der Waals surface area (Å²) >= 11 is 1.65. The first-order valence-electron chi connectivity index (χ1n) is 6.60. The number of aryl methyl sites for hydroxylation is 1. The van der Waals surface area contributed by atoms with Crippen molar-refractivity contribution < 1.29 is 9.53 Å². The maximum atomic E-state index is 11.3. The molecular formula is C14H23N3O2S. The molecule has 0 radical (unpaired) electrons. The normalized spacial score (nSPS) is 11.8. The molecule has 0 aliphatic rings. The molecule has 0 saturated carbocycles. The highest BCUT2D eigenvalue weighted by atomic mass is 32.1. The van der Waals surface area contributed by atoms with Gasteiger partial charge in [-0.1, -0.05) is 12.2 Å². The van der Waals surface area contributed by atoms with E-state index in [-0.39, 0.29) is 0 Å². The standard InChI is InChI=1S/C14H23N3O2S/c1-11-17-12(10-20-11)9-15-7-5-6-8-16-13(18)19-14(2,3)4/h5-6,10,15H,7-9H2,1-4H3,(H,16,18)/b6-5+. The summed E-state index contributed by atoms with van der Waals surface area (Å²) in [7, 11) is 0. The number of alkyl carbamates (subject to hydrolysis) is 1. The molecule has 5 nitrogen and oxygen atoms in total. The van der Waals surface area contributed by atoms with E-state index in [1.54, 1.807) is 11.3 Å². The van der Waals surface area contributed by atoms with Crippen LogP contribution in [-0.2, 0) is 11.3 Å². The van der Waals surface area contributed by atoms with Crippen molar-refractivity contribution in [1.29, 1.82) is 0 Å². The quantitative estimate of drug-likeness (QED) is 0.626. The van der Waals surface area contributed by atoms with Crippen molar-refractivity contribution in [3.63, 3.8) is 0 Å². The van der Waals surface area contributed by atoms with E-state index in [1.807, 2.05) is 39.8 Å². The summed E-state index contributed by atoms with van der Waals surface area (Å²) in [5, 5.41) is 9.05. The topological polar surface area (TPSA) is 63.2 Å². The Labute approximate surface area is 124 Å². The van der Waals surface area contributed by atoms with Crippen LogP contribution < -0.4 is 10.6 Å². The molecule has 0 aromatic carbocycles. The second kappa shape index (κ2) is 8.01. The fraction of sp³-hybridized carbons (Fsp3) is 0.571. The summed E-state index contributed by atoms with van der Waals surface area (Å²) in [5.41, 5.74) is 0.605. The minimum Gasteiger partial charge on any atom is -0.444 e. The highest BCUT2D eigenvalue weighted by Gasteiger charge is 2.14. The molecule has 2 N–H and O–H groups in total. The minimum atomic E-state index is -0.457. The minimum absolute atomic E-state index is 0.395. The lowest BCUT2D eigenvalue weighted by Gasteiger charge is -2.19. The van der Waals surface area contributed by atoms with Gasteiger partial charge in [0, 0.05) is 25.0 Å². The first-order valence-corrected chi connectivity index (χ1v) is 7.48. The van der Waals surface area contributed by atoms with Gasteiger partial charge in [0.05, 0.1) is 10.7 Å². The molecule has 0 spiro atoms. The number of aromatic nitrogens is 1. The van der Waals surface area contributed by atoms with Gasteiger partial charge in [0.15, 0.2) is 0 Å². The van der Waals surface area contributed by atoms with Crippen LogP contribution in [0.15, 0.2) is 17.5 Å². The molecule has 0 atom stereocenters. The molecule has 0 aliphatic carbocycles. The van der Waals surface area contributed by atoms with Crippen LogP contribution in [0.1, 0.15) is 31.5 Å². The van der Waals surface area contributed by atoms with Crippen molar-refractivity contribution in [2.75, 3.05) is 13.1 Å². The van der Waals surface area contributed by atoms with Gasteiger partial charge in [-0.3, -0.25) is 0 Å². The average Bonchev–Trinajstić information content (AvgIpc) is 2.71. The molecule has 0 unspecified atom stereocenters. The van der Waals surface area contributed by atoms with Gasteiger partial charge >= 0.3 is 6.09 Å². The number of ether oxygens (including phenoxy) is 1. The van der Waals surface area contributed by atoms with Crippen LogP contribution in [0.2, 0.25) is 0 Å². The number of hydrogen-bond donors (Lipinski definition) is 2. The van der Waals surface area contributed by atoms with Crippen molar-refractivity contribution in [3.05, 3.63) is 28.2 Å². The number of carbonyl (C=O) groups is 1. The van der Waals surface area contributed by atoms with Gasteiger partial charge in [-0.05, 0) is 27.7 Å². The zero-order valence-electron chi connectivity index (χ0n) is 12.5. The molecule has 1 aromatic heterocycles. The number of carbonyl (C=O) groups excluding carboxylic acids is 1. The van der Waals surface area contributed by atoms with E-state index in [9.17, 15) is 4.79 Å². The summed E-state index contributed by atoms with van der Waals surface area (Å²) in [6.07, 6.45) is 3.47. The third kappa shape index (κ3) is 7.91. The number of amides is 1. The summed E-state index contributed by atoms with van der Waals surface area (Å²) < 4.78 is 5.12. The molecule has 1 rings (SSSR count). The Bertz CT molecular complexity index is 450. The van der Waals surface area contributed by atoms with Gasteiger partial charge in [0.1, 0.15) is 5.60 Å². The molecule has 112 valence electrons. The zero-order valence-corrected chi connectivity index (χ0v) is 13.3. The van der Waals surface area contributed by atoms with Crippen molar-refractivity contribution >= 4 is 17.4 Å². The monoisotopic (exact) mass is 297 g/mol. The van der Waals surface area contributed by atoms with Crippen LogP contribution in [-0.4, -0.2) is 29.8 Å². The molecule has 1 heterocycles. The Morgan fingerprint density at radius 3 is 2.70 bits per heavy atom. The number of nitrogens with one attached hydrogen (secondary N) is 2. The lowest BCUT2D eigenvalue weighted by atomic mass is 10.2. The van der Waals surface area contributed by atoms with Gasteiger partial charge < -0.3 is 15.4 Å². The third-order valence-corrected chi connectivity index (χ3v) is 2.99. The molecule has 1 aromatic rings. The lowest BCUT2D eigenvalue weighted by molar-refractivity contribution is 0.0534. The fourth-order valence-electron chi connectivity index (χ4n) is 1.40. The SMILES string of the molecule is Cc1nc(CNC/C=C/CNC(=O)OC(C)(C)C)cs1. The summed E-state index contributed by atoms with van der Waals surface area (Å²) in [6.45, 7) is 9.48. The highest BCUT2D eigenvalue weighted by molar-refractivity contribution is 7.09. The van der Waals surface area contributed by atoms with Gasteiger partial charge in [-0.2, -0.15) is 0 Å². The smallest absolute Gasteiger partial charge is 0.407 e. The van der Waals surface area contributed by atoms with Crippen LogP contribution in [0.25, 0.3) is 0 Å². The first kappa shape index (κ1) is 16.7. The van der Waals surface area contributed by atoms with E-state index in [1.165, 1.54) is 0 Å². The Morgan fingerprint density at radius 2 is 2.10 bits per heavy atom. The van der Waals surface area contributed by atoms with E-state index in [0.717, 1.165) is 23.8 Å². The number of hydrogen-bond acceptors (Lipinski definition) is 5. The van der Waals surface area contributed by atoms with Gasteiger partial charge in [0.25, 0.3) is 0 Å². The summed E-state index contributed by atoms with van der Waals surface area (Å²) in [4.78, 5) is 15.7. The fourth-order valence-corrected chi connectivity index (χ4v) is 2.01. The molecular weight excluding hydrogens is 274 g/mol. The molecule has 0 aliphatic heterocycles. The van der Waals surface area contributed by atoms with E-state index >= 15 is 0 Å². The Balaban J connectivity index is 2.06. The maximum Gasteiger partial charge on any atom is 0.407 e. The van der Waals surface area contributed by atoms with E-state index in [2.05, 4.69) is 21.0 Å². The lowest BCUT2D eigenvalue weighted by Crippen LogP contribution is -2.32. The third-order valence-electron chi connectivity index (χ3n) is 2.16. The first-order chi connectivity index (χ1) is 9.37. The molecule has 6 heteroatoms.